The molecule has 0 aliphatic rings. The molecule has 1 amide bonds. The fourth-order valence-electron chi connectivity index (χ4n) is 1.27. The van der Waals surface area contributed by atoms with Crippen molar-refractivity contribution in [3.63, 3.8) is 0 Å². The molecule has 18 heavy (non-hydrogen) atoms. The predicted molar refractivity (Wildman–Crippen MR) is 62.4 cm³/mol. The largest absolute Gasteiger partial charge is 0.480 e. The minimum atomic E-state index is -1.29. The Morgan fingerprint density at radius 3 is 2.33 bits per heavy atom. The molecule has 0 spiro atoms. The van der Waals surface area contributed by atoms with Crippen LogP contribution in [0.3, 0.4) is 0 Å². The van der Waals surface area contributed by atoms with E-state index < -0.39 is 23.9 Å². The minimum absolute atomic E-state index is 0.171. The van der Waals surface area contributed by atoms with Gasteiger partial charge >= 0.3 is 11.9 Å². The Bertz CT molecular complexity index is 512. The summed E-state index contributed by atoms with van der Waals surface area (Å²) in [5, 5.41) is 19.7. The number of carboxylic acids is 2. The third-order valence-electron chi connectivity index (χ3n) is 2.24. The second kappa shape index (κ2) is 5.17. The lowest BCUT2D eigenvalue weighted by Crippen LogP contribution is -2.38. The second-order valence-electron chi connectivity index (χ2n) is 3.64. The van der Waals surface area contributed by atoms with Crippen molar-refractivity contribution >= 4 is 23.5 Å². The number of nitrogens with one attached hydrogen (secondary N) is 1. The van der Waals surface area contributed by atoms with E-state index >= 15 is 0 Å². The summed E-state index contributed by atoms with van der Waals surface area (Å²) in [5.74, 6) is -3.30. The summed E-state index contributed by atoms with van der Waals surface area (Å²) in [4.78, 5) is 33.3. The van der Waals surface area contributed by atoms with Gasteiger partial charge in [-0.15, -0.1) is 0 Å². The number of anilines is 1. The fraction of sp³-hybridized carbons (Fsp3) is 0.182. The molecule has 0 bridgehead atoms. The van der Waals surface area contributed by atoms with E-state index in [1.807, 2.05) is 0 Å². The predicted octanol–water partition coefficient (Wildman–Crippen LogP) is 0.170. The molecule has 1 unspecified atom stereocenters. The van der Waals surface area contributed by atoms with E-state index in [1.54, 1.807) is 0 Å². The van der Waals surface area contributed by atoms with Crippen molar-refractivity contribution in [1.29, 1.82) is 0 Å². The highest BCUT2D eigenvalue weighted by atomic mass is 16.4. The number of hydrogen-bond acceptors (Lipinski definition) is 4. The zero-order valence-electron chi connectivity index (χ0n) is 9.51. The number of aliphatic carboxylic acids is 1. The fourth-order valence-corrected chi connectivity index (χ4v) is 1.27. The maximum atomic E-state index is 11.7. The van der Waals surface area contributed by atoms with Gasteiger partial charge in [-0.1, -0.05) is 0 Å². The van der Waals surface area contributed by atoms with Crippen LogP contribution in [0.15, 0.2) is 18.2 Å². The van der Waals surface area contributed by atoms with Gasteiger partial charge < -0.3 is 21.3 Å². The number of carbonyl (C=O) groups is 3. The smallest absolute Gasteiger partial charge is 0.336 e. The summed E-state index contributed by atoms with van der Waals surface area (Å²) in [6.45, 7) is 1.27. The Kier molecular flexibility index (Phi) is 3.88. The van der Waals surface area contributed by atoms with Gasteiger partial charge in [0.1, 0.15) is 6.04 Å². The number of rotatable bonds is 4. The topological polar surface area (TPSA) is 130 Å². The quantitative estimate of drug-likeness (QED) is 0.565. The van der Waals surface area contributed by atoms with Crippen LogP contribution in [-0.2, 0) is 4.79 Å². The van der Waals surface area contributed by atoms with E-state index in [0.717, 1.165) is 0 Å². The number of nitrogen functional groups attached to an aromatic ring is 1. The van der Waals surface area contributed by atoms with E-state index in [4.69, 9.17) is 15.9 Å². The normalized spacial score (nSPS) is 11.6. The van der Waals surface area contributed by atoms with E-state index in [2.05, 4.69) is 5.32 Å². The first kappa shape index (κ1) is 13.5. The number of benzene rings is 1. The number of carbonyl (C=O) groups excluding carboxylic acids is 1. The monoisotopic (exact) mass is 252 g/mol. The highest BCUT2D eigenvalue weighted by Crippen LogP contribution is 2.14. The number of amides is 1. The molecule has 0 saturated heterocycles. The van der Waals surface area contributed by atoms with Crippen molar-refractivity contribution in [2.75, 3.05) is 5.73 Å². The number of carboxylic acid groups (broad SMARTS) is 2. The van der Waals surface area contributed by atoms with Crippen molar-refractivity contribution in [1.82, 2.24) is 5.32 Å². The average Bonchev–Trinajstić information content (AvgIpc) is 2.28. The van der Waals surface area contributed by atoms with Crippen LogP contribution in [0.1, 0.15) is 27.6 Å². The zero-order valence-corrected chi connectivity index (χ0v) is 9.51. The molecular formula is C11H12N2O5. The van der Waals surface area contributed by atoms with Crippen molar-refractivity contribution in [3.05, 3.63) is 29.3 Å². The third-order valence-corrected chi connectivity index (χ3v) is 2.24. The van der Waals surface area contributed by atoms with Crippen LogP contribution in [0.5, 0.6) is 0 Å². The molecule has 0 heterocycles. The standard InChI is InChI=1S/C11H12N2O5/c1-5(10(15)16)13-9(14)8-4-6(12)2-3-7(8)11(17)18/h2-5H,12H2,1H3,(H,13,14)(H,15,16)(H,17,18). The van der Waals surface area contributed by atoms with Crippen molar-refractivity contribution < 1.29 is 24.6 Å². The minimum Gasteiger partial charge on any atom is -0.480 e. The van der Waals surface area contributed by atoms with Crippen LogP contribution in [-0.4, -0.2) is 34.1 Å². The van der Waals surface area contributed by atoms with Crippen LogP contribution < -0.4 is 11.1 Å². The van der Waals surface area contributed by atoms with Gasteiger partial charge in [0.05, 0.1) is 11.1 Å². The number of aromatic carboxylic acids is 1. The Labute approximate surface area is 102 Å². The summed E-state index contributed by atoms with van der Waals surface area (Å²) >= 11 is 0. The molecule has 0 saturated carbocycles. The summed E-state index contributed by atoms with van der Waals surface area (Å²) in [5.41, 5.74) is 5.28. The van der Waals surface area contributed by atoms with Gasteiger partial charge in [0, 0.05) is 5.69 Å². The highest BCUT2D eigenvalue weighted by Gasteiger charge is 2.20. The van der Waals surface area contributed by atoms with Crippen molar-refractivity contribution in [2.45, 2.75) is 13.0 Å². The molecule has 1 aromatic rings. The molecule has 0 aromatic heterocycles. The molecule has 5 N–H and O–H groups in total. The zero-order chi connectivity index (χ0) is 13.9. The number of hydrogen-bond donors (Lipinski definition) is 4. The van der Waals surface area contributed by atoms with E-state index in [1.165, 1.54) is 25.1 Å². The first-order chi connectivity index (χ1) is 8.32. The SMILES string of the molecule is CC(NC(=O)c1cc(N)ccc1C(=O)O)C(=O)O. The van der Waals surface area contributed by atoms with Gasteiger partial charge in [-0.25, -0.2) is 4.79 Å². The molecule has 0 radical (unpaired) electrons. The summed E-state index contributed by atoms with van der Waals surface area (Å²) in [6.07, 6.45) is 0. The van der Waals surface area contributed by atoms with Crippen LogP contribution in [0, 0.1) is 0 Å². The molecule has 7 nitrogen and oxygen atoms in total. The summed E-state index contributed by atoms with van der Waals surface area (Å²) in [7, 11) is 0. The van der Waals surface area contributed by atoms with Gasteiger partial charge in [0.2, 0.25) is 0 Å². The molecule has 1 rings (SSSR count). The van der Waals surface area contributed by atoms with E-state index in [-0.39, 0.29) is 16.8 Å². The van der Waals surface area contributed by atoms with E-state index in [9.17, 15) is 14.4 Å². The first-order valence-electron chi connectivity index (χ1n) is 4.99. The van der Waals surface area contributed by atoms with Gasteiger partial charge in [-0.05, 0) is 25.1 Å². The molecule has 1 atom stereocenters. The summed E-state index contributed by atoms with van der Waals surface area (Å²) < 4.78 is 0. The molecular weight excluding hydrogens is 240 g/mol. The van der Waals surface area contributed by atoms with Crippen LogP contribution >= 0.6 is 0 Å². The molecule has 1 aromatic carbocycles. The average molecular weight is 252 g/mol. The van der Waals surface area contributed by atoms with Crippen molar-refractivity contribution in [3.8, 4) is 0 Å². The lowest BCUT2D eigenvalue weighted by molar-refractivity contribution is -0.138. The van der Waals surface area contributed by atoms with Gasteiger partial charge in [0.25, 0.3) is 5.91 Å². The molecule has 0 aliphatic heterocycles. The van der Waals surface area contributed by atoms with Gasteiger partial charge in [-0.3, -0.25) is 9.59 Å². The summed E-state index contributed by atoms with van der Waals surface area (Å²) in [6, 6.07) is 2.60. The second-order valence-corrected chi connectivity index (χ2v) is 3.64. The molecule has 0 fully saturated rings. The molecule has 7 heteroatoms. The maximum absolute atomic E-state index is 11.7. The third kappa shape index (κ3) is 2.97. The van der Waals surface area contributed by atoms with Crippen LogP contribution in [0.2, 0.25) is 0 Å². The lowest BCUT2D eigenvalue weighted by atomic mass is 10.1. The van der Waals surface area contributed by atoms with Crippen LogP contribution in [0.4, 0.5) is 5.69 Å². The van der Waals surface area contributed by atoms with Gasteiger partial charge in [-0.2, -0.15) is 0 Å². The Hall–Kier alpha value is -2.57. The molecule has 96 valence electrons. The Morgan fingerprint density at radius 2 is 1.83 bits per heavy atom. The Morgan fingerprint density at radius 1 is 1.22 bits per heavy atom. The first-order valence-corrected chi connectivity index (χ1v) is 4.99. The number of nitrogens with two attached hydrogens (primary N) is 1. The molecule has 0 aliphatic carbocycles. The van der Waals surface area contributed by atoms with Crippen molar-refractivity contribution in [2.24, 2.45) is 0 Å². The highest BCUT2D eigenvalue weighted by molar-refractivity contribution is 6.06. The van der Waals surface area contributed by atoms with E-state index in [0.29, 0.717) is 0 Å². The van der Waals surface area contributed by atoms with Gasteiger partial charge in [0.15, 0.2) is 0 Å². The maximum Gasteiger partial charge on any atom is 0.336 e. The van der Waals surface area contributed by atoms with Crippen LogP contribution in [0.25, 0.3) is 0 Å². The Balaban J connectivity index is 3.08. The lowest BCUT2D eigenvalue weighted by Gasteiger charge is -2.11.